The molecule has 0 saturated heterocycles. The van der Waals surface area contributed by atoms with Gasteiger partial charge < -0.3 is 19.5 Å². The van der Waals surface area contributed by atoms with Crippen molar-refractivity contribution in [2.24, 2.45) is 0 Å². The lowest BCUT2D eigenvalue weighted by atomic mass is 9.77. The molecule has 4 aromatic carbocycles. The SMILES string of the molecule is CCN(CC)c1ccc2c(c1)Oc1cc(O)c(-c3nc4ccccc4s3)cc1C21OC(=O)c2ccccc21. The van der Waals surface area contributed by atoms with E-state index in [4.69, 9.17) is 14.5 Å². The maximum absolute atomic E-state index is 13.2. The van der Waals surface area contributed by atoms with Gasteiger partial charge in [0.15, 0.2) is 5.60 Å². The van der Waals surface area contributed by atoms with Crippen LogP contribution in [0.3, 0.4) is 0 Å². The summed E-state index contributed by atoms with van der Waals surface area (Å²) in [6.07, 6.45) is 0. The second-order valence-corrected chi connectivity index (χ2v) is 10.5. The van der Waals surface area contributed by atoms with E-state index < -0.39 is 5.60 Å². The van der Waals surface area contributed by atoms with E-state index >= 15 is 0 Å². The molecule has 188 valence electrons. The predicted octanol–water partition coefficient (Wildman–Crippen LogP) is 7.08. The highest BCUT2D eigenvalue weighted by molar-refractivity contribution is 7.21. The summed E-state index contributed by atoms with van der Waals surface area (Å²) in [7, 11) is 0. The summed E-state index contributed by atoms with van der Waals surface area (Å²) in [5.74, 6) is 0.709. The molecule has 0 amide bonds. The summed E-state index contributed by atoms with van der Waals surface area (Å²) in [4.78, 5) is 20.2. The molecule has 1 spiro atoms. The quantitative estimate of drug-likeness (QED) is 0.255. The van der Waals surface area contributed by atoms with E-state index in [2.05, 4.69) is 18.7 Å². The predicted molar refractivity (Wildman–Crippen MR) is 149 cm³/mol. The Labute approximate surface area is 223 Å². The summed E-state index contributed by atoms with van der Waals surface area (Å²) in [5, 5.41) is 11.8. The van der Waals surface area contributed by atoms with Crippen LogP contribution >= 0.6 is 11.3 Å². The molecule has 5 aromatic rings. The number of phenolic OH excluding ortho intramolecular Hbond substituents is 1. The number of hydrogen-bond donors (Lipinski definition) is 1. The summed E-state index contributed by atoms with van der Waals surface area (Å²) >= 11 is 1.50. The van der Waals surface area contributed by atoms with E-state index in [0.29, 0.717) is 33.2 Å². The van der Waals surface area contributed by atoms with Crippen molar-refractivity contribution < 1.29 is 19.4 Å². The summed E-state index contributed by atoms with van der Waals surface area (Å²) in [6.45, 7) is 5.91. The summed E-state index contributed by atoms with van der Waals surface area (Å²) < 4.78 is 13.8. The van der Waals surface area contributed by atoms with Crippen molar-refractivity contribution in [3.63, 3.8) is 0 Å². The third-order valence-corrected chi connectivity index (χ3v) is 8.54. The number of ether oxygens (including phenoxy) is 2. The van der Waals surface area contributed by atoms with Crippen LogP contribution in [-0.4, -0.2) is 29.1 Å². The van der Waals surface area contributed by atoms with Crippen molar-refractivity contribution in [2.75, 3.05) is 18.0 Å². The van der Waals surface area contributed by atoms with Crippen LogP contribution < -0.4 is 9.64 Å². The van der Waals surface area contributed by atoms with Crippen LogP contribution in [0.15, 0.2) is 78.9 Å². The van der Waals surface area contributed by atoms with Gasteiger partial charge in [-0.25, -0.2) is 9.78 Å². The molecule has 1 aromatic heterocycles. The molecule has 0 radical (unpaired) electrons. The number of para-hydroxylation sites is 1. The van der Waals surface area contributed by atoms with Gasteiger partial charge in [0.05, 0.1) is 21.3 Å². The molecule has 2 aliphatic heterocycles. The molecule has 1 atom stereocenters. The Morgan fingerprint density at radius 3 is 2.45 bits per heavy atom. The topological polar surface area (TPSA) is 71.9 Å². The Morgan fingerprint density at radius 2 is 1.63 bits per heavy atom. The average molecular weight is 521 g/mol. The molecule has 7 rings (SSSR count). The van der Waals surface area contributed by atoms with Crippen LogP contribution in [0.1, 0.15) is 40.9 Å². The van der Waals surface area contributed by atoms with Crippen molar-refractivity contribution in [3.8, 4) is 27.8 Å². The smallest absolute Gasteiger partial charge is 0.340 e. The third-order valence-electron chi connectivity index (χ3n) is 7.47. The Kier molecular flexibility index (Phi) is 5.00. The van der Waals surface area contributed by atoms with Gasteiger partial charge in [0, 0.05) is 47.6 Å². The molecule has 1 unspecified atom stereocenters. The minimum absolute atomic E-state index is 0.0545. The fourth-order valence-corrected chi connectivity index (χ4v) is 6.63. The molecule has 38 heavy (non-hydrogen) atoms. The maximum Gasteiger partial charge on any atom is 0.340 e. The van der Waals surface area contributed by atoms with Crippen LogP contribution in [0.5, 0.6) is 17.2 Å². The van der Waals surface area contributed by atoms with Crippen LogP contribution in [0, 0.1) is 0 Å². The molecular formula is C31H24N2O4S. The van der Waals surface area contributed by atoms with Crippen molar-refractivity contribution >= 4 is 33.2 Å². The van der Waals surface area contributed by atoms with Crippen molar-refractivity contribution in [3.05, 3.63) is 101 Å². The first-order valence-electron chi connectivity index (χ1n) is 12.7. The molecular weight excluding hydrogens is 496 g/mol. The van der Waals surface area contributed by atoms with Crippen molar-refractivity contribution in [1.29, 1.82) is 0 Å². The van der Waals surface area contributed by atoms with E-state index in [0.717, 1.165) is 40.1 Å². The van der Waals surface area contributed by atoms with E-state index in [1.54, 1.807) is 12.1 Å². The zero-order valence-corrected chi connectivity index (χ0v) is 21.7. The molecule has 0 fully saturated rings. The van der Waals surface area contributed by atoms with E-state index in [1.165, 1.54) is 11.3 Å². The number of benzene rings is 4. The number of fused-ring (bicyclic) bond motifs is 7. The molecule has 0 aliphatic carbocycles. The largest absolute Gasteiger partial charge is 0.507 e. The summed E-state index contributed by atoms with van der Waals surface area (Å²) in [6, 6.07) is 24.9. The number of aromatic nitrogens is 1. The van der Waals surface area contributed by atoms with Crippen molar-refractivity contribution in [1.82, 2.24) is 4.98 Å². The van der Waals surface area contributed by atoms with Gasteiger partial charge in [-0.3, -0.25) is 0 Å². The number of anilines is 1. The number of hydrogen-bond acceptors (Lipinski definition) is 7. The normalized spacial score (nSPS) is 17.1. The van der Waals surface area contributed by atoms with Crippen LogP contribution in [0.25, 0.3) is 20.8 Å². The van der Waals surface area contributed by atoms with Gasteiger partial charge in [0.2, 0.25) is 0 Å². The number of aromatic hydroxyl groups is 1. The second-order valence-electron chi connectivity index (χ2n) is 9.42. The van der Waals surface area contributed by atoms with Crippen LogP contribution in [-0.2, 0) is 10.3 Å². The molecule has 6 nitrogen and oxygen atoms in total. The Balaban J connectivity index is 1.50. The zero-order chi connectivity index (χ0) is 26.0. The lowest BCUT2D eigenvalue weighted by Crippen LogP contribution is -2.33. The lowest BCUT2D eigenvalue weighted by Gasteiger charge is -2.37. The van der Waals surface area contributed by atoms with Gasteiger partial charge in [-0.2, -0.15) is 0 Å². The third kappa shape index (κ3) is 3.12. The molecule has 1 N–H and O–H groups in total. The van der Waals surface area contributed by atoms with Gasteiger partial charge in [-0.1, -0.05) is 30.3 Å². The van der Waals surface area contributed by atoms with Gasteiger partial charge in [-0.15, -0.1) is 11.3 Å². The molecule has 2 aliphatic rings. The number of phenols is 1. The average Bonchev–Trinajstić information content (AvgIpc) is 3.49. The standard InChI is InChI=1S/C31H24N2O4S/c1-3-33(4-2)18-13-14-22-26(15-18)36-27-17-25(34)20(29-32-24-11-7-8-12-28(24)38-29)16-23(27)31(22)21-10-6-5-9-19(21)30(35)37-31/h5-17,34H,3-4H2,1-2H3. The number of carbonyl (C=O) groups excluding carboxylic acids is 1. The highest BCUT2D eigenvalue weighted by Crippen LogP contribution is 2.58. The van der Waals surface area contributed by atoms with Crippen LogP contribution in [0.2, 0.25) is 0 Å². The first-order valence-corrected chi connectivity index (χ1v) is 13.5. The number of nitrogens with zero attached hydrogens (tertiary/aromatic N) is 2. The van der Waals surface area contributed by atoms with Gasteiger partial charge in [0.25, 0.3) is 0 Å². The monoisotopic (exact) mass is 520 g/mol. The highest BCUT2D eigenvalue weighted by Gasteiger charge is 2.53. The molecule has 3 heterocycles. The van der Waals surface area contributed by atoms with Gasteiger partial charge in [0.1, 0.15) is 22.3 Å². The highest BCUT2D eigenvalue weighted by atomic mass is 32.1. The van der Waals surface area contributed by atoms with Gasteiger partial charge >= 0.3 is 5.97 Å². The zero-order valence-electron chi connectivity index (χ0n) is 20.9. The Morgan fingerprint density at radius 1 is 0.868 bits per heavy atom. The van der Waals surface area contributed by atoms with Crippen LogP contribution in [0.4, 0.5) is 5.69 Å². The van der Waals surface area contributed by atoms with E-state index in [9.17, 15) is 9.90 Å². The second kappa shape index (κ2) is 8.33. The fourth-order valence-electron chi connectivity index (χ4n) is 5.64. The van der Waals surface area contributed by atoms with E-state index in [-0.39, 0.29) is 11.7 Å². The summed E-state index contributed by atoms with van der Waals surface area (Å²) in [5.41, 5.74) is 3.92. The fraction of sp³-hybridized carbons (Fsp3) is 0.161. The number of esters is 1. The Bertz CT molecular complexity index is 1720. The molecule has 7 heteroatoms. The minimum Gasteiger partial charge on any atom is -0.507 e. The van der Waals surface area contributed by atoms with E-state index in [1.807, 2.05) is 66.7 Å². The first-order chi connectivity index (χ1) is 18.5. The molecule has 0 saturated carbocycles. The minimum atomic E-state index is -1.21. The number of carbonyl (C=O) groups is 1. The lowest BCUT2D eigenvalue weighted by molar-refractivity contribution is 0.0224. The number of thiazole rings is 1. The first kappa shape index (κ1) is 22.8. The molecule has 0 bridgehead atoms. The van der Waals surface area contributed by atoms with Gasteiger partial charge in [-0.05, 0) is 50.2 Å². The maximum atomic E-state index is 13.2. The Hall–Kier alpha value is -4.36. The number of rotatable bonds is 4. The van der Waals surface area contributed by atoms with Crippen molar-refractivity contribution in [2.45, 2.75) is 19.4 Å².